The number of hydrogen-bond acceptors (Lipinski definition) is 5. The van der Waals surface area contributed by atoms with Crippen LogP contribution in [0.3, 0.4) is 0 Å². The molecule has 154 valence electrons. The van der Waals surface area contributed by atoms with Gasteiger partial charge in [0.05, 0.1) is 4.92 Å². The Balaban J connectivity index is 1.84. The second-order valence-corrected chi connectivity index (χ2v) is 7.09. The van der Waals surface area contributed by atoms with Crippen LogP contribution in [0.2, 0.25) is 0 Å². The fourth-order valence-electron chi connectivity index (χ4n) is 2.75. The third-order valence-electron chi connectivity index (χ3n) is 4.35. The summed E-state index contributed by atoms with van der Waals surface area (Å²) in [6.45, 7) is 6.44. The highest BCUT2D eigenvalue weighted by molar-refractivity contribution is 5.97. The lowest BCUT2D eigenvalue weighted by atomic mass is 10.0. The van der Waals surface area contributed by atoms with Gasteiger partial charge in [-0.3, -0.25) is 19.7 Å². The van der Waals surface area contributed by atoms with Crippen molar-refractivity contribution in [2.24, 2.45) is 5.92 Å². The Morgan fingerprint density at radius 2 is 1.76 bits per heavy atom. The van der Waals surface area contributed by atoms with Gasteiger partial charge in [-0.1, -0.05) is 31.5 Å². The first-order valence-corrected chi connectivity index (χ1v) is 9.41. The largest absolute Gasteiger partial charge is 0.383 e. The van der Waals surface area contributed by atoms with Crippen molar-refractivity contribution in [3.8, 4) is 0 Å². The number of non-ortho nitro benzene ring substituents is 1. The van der Waals surface area contributed by atoms with Crippen LogP contribution in [0, 0.1) is 23.0 Å². The molecular weight excluding hydrogens is 372 g/mol. The number of benzene rings is 2. The molecule has 3 N–H and O–H groups in total. The van der Waals surface area contributed by atoms with Crippen LogP contribution >= 0.6 is 0 Å². The molecule has 1 atom stereocenters. The van der Waals surface area contributed by atoms with Crippen LogP contribution in [0.5, 0.6) is 0 Å². The molecule has 2 aromatic rings. The van der Waals surface area contributed by atoms with Crippen molar-refractivity contribution >= 4 is 23.2 Å². The average Bonchev–Trinajstić information content (AvgIpc) is 2.69. The molecule has 29 heavy (non-hydrogen) atoms. The van der Waals surface area contributed by atoms with Crippen molar-refractivity contribution in [2.75, 3.05) is 18.4 Å². The number of nitrogens with zero attached hydrogens (tertiary/aromatic N) is 1. The maximum Gasteiger partial charge on any atom is 0.269 e. The summed E-state index contributed by atoms with van der Waals surface area (Å²) in [5.41, 5.74) is 2.23. The van der Waals surface area contributed by atoms with Crippen LogP contribution < -0.4 is 16.0 Å². The second kappa shape index (κ2) is 10.2. The minimum absolute atomic E-state index is 0.0213. The molecular formula is C21H26N4O4. The Bertz CT molecular complexity index is 865. The molecule has 0 fully saturated rings. The van der Waals surface area contributed by atoms with Crippen molar-refractivity contribution < 1.29 is 14.5 Å². The van der Waals surface area contributed by atoms with E-state index in [9.17, 15) is 19.7 Å². The minimum atomic E-state index is -0.651. The van der Waals surface area contributed by atoms with Crippen molar-refractivity contribution in [3.05, 3.63) is 69.8 Å². The third-order valence-corrected chi connectivity index (χ3v) is 4.35. The topological polar surface area (TPSA) is 113 Å². The van der Waals surface area contributed by atoms with Crippen LogP contribution in [0.1, 0.15) is 29.8 Å². The van der Waals surface area contributed by atoms with E-state index in [0.29, 0.717) is 18.7 Å². The van der Waals surface area contributed by atoms with Gasteiger partial charge in [0.2, 0.25) is 5.91 Å². The second-order valence-electron chi connectivity index (χ2n) is 7.09. The number of rotatable bonds is 9. The monoisotopic (exact) mass is 398 g/mol. The Labute approximate surface area is 169 Å². The maximum absolute atomic E-state index is 12.5. The van der Waals surface area contributed by atoms with E-state index in [1.807, 2.05) is 26.8 Å². The quantitative estimate of drug-likeness (QED) is 0.341. The van der Waals surface area contributed by atoms with E-state index in [2.05, 4.69) is 16.0 Å². The number of nitro groups is 1. The molecule has 0 heterocycles. The molecule has 2 amide bonds. The zero-order valence-electron chi connectivity index (χ0n) is 16.8. The SMILES string of the molecule is Cc1cccc(C(=O)NC(C(=O)NCCNc2ccc([N+](=O)[O-])cc2)C(C)C)c1. The Morgan fingerprint density at radius 3 is 2.34 bits per heavy atom. The number of aryl methyl sites for hydroxylation is 1. The Kier molecular flexibility index (Phi) is 7.70. The summed E-state index contributed by atoms with van der Waals surface area (Å²) < 4.78 is 0. The molecule has 0 aliphatic heterocycles. The van der Waals surface area contributed by atoms with Crippen molar-refractivity contribution in [2.45, 2.75) is 26.8 Å². The number of nitrogens with one attached hydrogen (secondary N) is 3. The average molecular weight is 398 g/mol. The number of carbonyl (C=O) groups excluding carboxylic acids is 2. The highest BCUT2D eigenvalue weighted by Gasteiger charge is 2.24. The van der Waals surface area contributed by atoms with Gasteiger partial charge in [0.25, 0.3) is 11.6 Å². The van der Waals surface area contributed by atoms with Crippen LogP contribution in [-0.2, 0) is 4.79 Å². The van der Waals surface area contributed by atoms with E-state index in [0.717, 1.165) is 11.3 Å². The van der Waals surface area contributed by atoms with Gasteiger partial charge in [-0.25, -0.2) is 0 Å². The van der Waals surface area contributed by atoms with E-state index >= 15 is 0 Å². The van der Waals surface area contributed by atoms with Gasteiger partial charge in [0.15, 0.2) is 0 Å². The van der Waals surface area contributed by atoms with Gasteiger partial charge in [0.1, 0.15) is 6.04 Å². The van der Waals surface area contributed by atoms with Crippen molar-refractivity contribution in [1.29, 1.82) is 0 Å². The van der Waals surface area contributed by atoms with Crippen LogP contribution in [0.4, 0.5) is 11.4 Å². The molecule has 8 heteroatoms. The lowest BCUT2D eigenvalue weighted by molar-refractivity contribution is -0.384. The van der Waals surface area contributed by atoms with Crippen LogP contribution in [0.25, 0.3) is 0 Å². The van der Waals surface area contributed by atoms with E-state index in [1.165, 1.54) is 12.1 Å². The Morgan fingerprint density at radius 1 is 1.07 bits per heavy atom. The minimum Gasteiger partial charge on any atom is -0.383 e. The number of amides is 2. The van der Waals surface area contributed by atoms with Gasteiger partial charge in [-0.2, -0.15) is 0 Å². The van der Waals surface area contributed by atoms with Crippen LogP contribution in [-0.4, -0.2) is 35.9 Å². The maximum atomic E-state index is 12.5. The molecule has 0 aromatic heterocycles. The molecule has 2 aromatic carbocycles. The fraction of sp³-hybridized carbons (Fsp3) is 0.333. The van der Waals surface area contributed by atoms with Gasteiger partial charge in [0, 0.05) is 36.5 Å². The molecule has 1 unspecified atom stereocenters. The summed E-state index contributed by atoms with van der Waals surface area (Å²) in [6.07, 6.45) is 0. The van der Waals surface area contributed by atoms with Crippen molar-refractivity contribution in [3.63, 3.8) is 0 Å². The number of anilines is 1. The molecule has 8 nitrogen and oxygen atoms in total. The van der Waals surface area contributed by atoms with Crippen LogP contribution in [0.15, 0.2) is 48.5 Å². The predicted molar refractivity (Wildman–Crippen MR) is 112 cm³/mol. The lowest BCUT2D eigenvalue weighted by Crippen LogP contribution is -2.50. The first-order valence-electron chi connectivity index (χ1n) is 9.41. The predicted octanol–water partition coefficient (Wildman–Crippen LogP) is 2.89. The molecule has 0 aliphatic carbocycles. The van der Waals surface area contributed by atoms with E-state index < -0.39 is 11.0 Å². The molecule has 0 saturated heterocycles. The molecule has 2 rings (SSSR count). The van der Waals surface area contributed by atoms with Gasteiger partial charge >= 0.3 is 0 Å². The highest BCUT2D eigenvalue weighted by atomic mass is 16.6. The first-order chi connectivity index (χ1) is 13.8. The fourth-order valence-corrected chi connectivity index (χ4v) is 2.75. The summed E-state index contributed by atoms with van der Waals surface area (Å²) >= 11 is 0. The normalized spacial score (nSPS) is 11.6. The molecule has 0 bridgehead atoms. The lowest BCUT2D eigenvalue weighted by Gasteiger charge is -2.22. The molecule has 0 aliphatic rings. The third kappa shape index (κ3) is 6.60. The van der Waals surface area contributed by atoms with E-state index in [1.54, 1.807) is 30.3 Å². The smallest absolute Gasteiger partial charge is 0.269 e. The van der Waals surface area contributed by atoms with Gasteiger partial charge in [-0.15, -0.1) is 0 Å². The highest BCUT2D eigenvalue weighted by Crippen LogP contribution is 2.15. The van der Waals surface area contributed by atoms with E-state index in [-0.39, 0.29) is 23.4 Å². The van der Waals surface area contributed by atoms with Gasteiger partial charge < -0.3 is 16.0 Å². The summed E-state index contributed by atoms with van der Waals surface area (Å²) in [4.78, 5) is 35.2. The zero-order valence-corrected chi connectivity index (χ0v) is 16.8. The first kappa shape index (κ1) is 21.9. The summed E-state index contributed by atoms with van der Waals surface area (Å²) in [5, 5.41) is 19.3. The number of hydrogen-bond donors (Lipinski definition) is 3. The molecule has 0 saturated carbocycles. The van der Waals surface area contributed by atoms with Crippen molar-refractivity contribution in [1.82, 2.24) is 10.6 Å². The van der Waals surface area contributed by atoms with Gasteiger partial charge in [-0.05, 0) is 37.1 Å². The summed E-state index contributed by atoms with van der Waals surface area (Å²) in [5.74, 6) is -0.621. The summed E-state index contributed by atoms with van der Waals surface area (Å²) in [7, 11) is 0. The molecule has 0 spiro atoms. The molecule has 0 radical (unpaired) electrons. The zero-order chi connectivity index (χ0) is 21.4. The summed E-state index contributed by atoms with van der Waals surface area (Å²) in [6, 6.07) is 12.6. The van der Waals surface area contributed by atoms with E-state index in [4.69, 9.17) is 0 Å². The Hall–Kier alpha value is -3.42. The standard InChI is InChI=1S/C21H26N4O4/c1-14(2)19(24-20(26)16-6-4-5-15(3)13-16)21(27)23-12-11-22-17-7-9-18(10-8-17)25(28)29/h4-10,13-14,19,22H,11-12H2,1-3H3,(H,23,27)(H,24,26). The number of carbonyl (C=O) groups is 2. The number of nitro benzene ring substituents is 1.